The molecule has 7 heteroatoms. The van der Waals surface area contributed by atoms with E-state index in [2.05, 4.69) is 5.32 Å². The van der Waals surface area contributed by atoms with E-state index in [9.17, 15) is 9.59 Å². The van der Waals surface area contributed by atoms with Crippen LogP contribution in [0.25, 0.3) is 5.57 Å². The Morgan fingerprint density at radius 2 is 1.80 bits per heavy atom. The number of nitrogens with one attached hydrogen (secondary N) is 1. The van der Waals surface area contributed by atoms with E-state index in [-0.39, 0.29) is 11.6 Å². The molecule has 2 heterocycles. The molecule has 152 valence electrons. The van der Waals surface area contributed by atoms with Crippen LogP contribution in [0.3, 0.4) is 0 Å². The predicted molar refractivity (Wildman–Crippen MR) is 121 cm³/mol. The number of nitrogens with zero attached hydrogens (tertiary/aromatic N) is 1. The maximum absolute atomic E-state index is 13.4. The average Bonchev–Trinajstić information content (AvgIpc) is 3.33. The van der Waals surface area contributed by atoms with E-state index < -0.39 is 5.91 Å². The zero-order valence-electron chi connectivity index (χ0n) is 16.4. The van der Waals surface area contributed by atoms with E-state index in [1.54, 1.807) is 25.1 Å². The number of benzene rings is 2. The highest BCUT2D eigenvalue weighted by molar-refractivity contribution is 7.11. The number of hydrogen-bond donors (Lipinski definition) is 1. The van der Waals surface area contributed by atoms with E-state index in [1.807, 2.05) is 48.7 Å². The van der Waals surface area contributed by atoms with Gasteiger partial charge in [0.05, 0.1) is 17.9 Å². The Labute approximate surface area is 183 Å². The van der Waals surface area contributed by atoms with Crippen molar-refractivity contribution in [2.45, 2.75) is 13.8 Å². The number of rotatable bonds is 6. The second-order valence-electron chi connectivity index (χ2n) is 6.64. The summed E-state index contributed by atoms with van der Waals surface area (Å²) in [7, 11) is 0. The lowest BCUT2D eigenvalue weighted by atomic mass is 10.1. The highest BCUT2D eigenvalue weighted by Gasteiger charge is 2.41. The Hall–Kier alpha value is -3.09. The van der Waals surface area contributed by atoms with Gasteiger partial charge in [0, 0.05) is 15.6 Å². The second kappa shape index (κ2) is 8.34. The number of ether oxygens (including phenoxy) is 1. The molecule has 0 bridgehead atoms. The molecule has 0 aliphatic carbocycles. The number of thiophene rings is 1. The number of amides is 2. The van der Waals surface area contributed by atoms with Crippen LogP contribution in [0.2, 0.25) is 5.02 Å². The lowest BCUT2D eigenvalue weighted by Gasteiger charge is -2.18. The summed E-state index contributed by atoms with van der Waals surface area (Å²) >= 11 is 7.65. The Kier molecular flexibility index (Phi) is 5.61. The van der Waals surface area contributed by atoms with Gasteiger partial charge in [0.1, 0.15) is 11.4 Å². The van der Waals surface area contributed by atoms with Crippen LogP contribution in [-0.4, -0.2) is 18.4 Å². The average molecular weight is 439 g/mol. The summed E-state index contributed by atoms with van der Waals surface area (Å²) in [6.45, 7) is 4.28. The van der Waals surface area contributed by atoms with Crippen LogP contribution >= 0.6 is 22.9 Å². The second-order valence-corrected chi connectivity index (χ2v) is 7.99. The molecule has 0 spiro atoms. The Bertz CT molecular complexity index is 1140. The molecule has 1 aliphatic heterocycles. The molecule has 2 amide bonds. The van der Waals surface area contributed by atoms with Gasteiger partial charge in [-0.15, -0.1) is 11.3 Å². The van der Waals surface area contributed by atoms with Crippen molar-refractivity contribution < 1.29 is 14.3 Å². The van der Waals surface area contributed by atoms with Gasteiger partial charge >= 0.3 is 0 Å². The minimum absolute atomic E-state index is 0.242. The minimum Gasteiger partial charge on any atom is -0.494 e. The van der Waals surface area contributed by atoms with E-state index in [1.165, 1.54) is 16.2 Å². The van der Waals surface area contributed by atoms with Gasteiger partial charge in [0.15, 0.2) is 0 Å². The number of carbonyl (C=O) groups excluding carboxylic acids is 2. The summed E-state index contributed by atoms with van der Waals surface area (Å²) in [6, 6.07) is 16.1. The quantitative estimate of drug-likeness (QED) is 0.516. The van der Waals surface area contributed by atoms with E-state index in [0.717, 1.165) is 10.6 Å². The van der Waals surface area contributed by atoms with Crippen LogP contribution in [0.4, 0.5) is 11.4 Å². The largest absolute Gasteiger partial charge is 0.494 e. The molecule has 3 aromatic rings. The number of imide groups is 1. The summed E-state index contributed by atoms with van der Waals surface area (Å²) in [6.07, 6.45) is 0. The van der Waals surface area contributed by atoms with Crippen molar-refractivity contribution in [1.82, 2.24) is 0 Å². The molecule has 1 N–H and O–H groups in total. The molecule has 0 unspecified atom stereocenters. The predicted octanol–water partition coefficient (Wildman–Crippen LogP) is 5.51. The fourth-order valence-corrected chi connectivity index (χ4v) is 4.24. The van der Waals surface area contributed by atoms with Gasteiger partial charge in [-0.25, -0.2) is 4.90 Å². The van der Waals surface area contributed by atoms with Crippen LogP contribution in [0, 0.1) is 6.92 Å². The van der Waals surface area contributed by atoms with Crippen LogP contribution in [0.15, 0.2) is 65.7 Å². The summed E-state index contributed by atoms with van der Waals surface area (Å²) in [4.78, 5) is 28.7. The summed E-state index contributed by atoms with van der Waals surface area (Å²) < 4.78 is 5.47. The first-order valence-corrected chi connectivity index (χ1v) is 10.7. The van der Waals surface area contributed by atoms with Crippen molar-refractivity contribution in [3.05, 3.63) is 81.1 Å². The molecule has 5 nitrogen and oxygen atoms in total. The Morgan fingerprint density at radius 3 is 2.47 bits per heavy atom. The summed E-state index contributed by atoms with van der Waals surface area (Å²) in [5.41, 5.74) is 2.44. The Balaban J connectivity index is 1.76. The van der Waals surface area contributed by atoms with Crippen LogP contribution in [-0.2, 0) is 9.59 Å². The summed E-state index contributed by atoms with van der Waals surface area (Å²) in [5.74, 6) is -0.0515. The molecule has 0 radical (unpaired) electrons. The molecule has 30 heavy (non-hydrogen) atoms. The van der Waals surface area contributed by atoms with Crippen molar-refractivity contribution in [3.63, 3.8) is 0 Å². The molecule has 4 rings (SSSR count). The zero-order valence-corrected chi connectivity index (χ0v) is 18.0. The molecule has 0 atom stereocenters. The van der Waals surface area contributed by atoms with E-state index >= 15 is 0 Å². The lowest BCUT2D eigenvalue weighted by Crippen LogP contribution is -2.33. The van der Waals surface area contributed by atoms with E-state index in [4.69, 9.17) is 16.3 Å². The number of hydrogen-bond acceptors (Lipinski definition) is 5. The third-order valence-electron chi connectivity index (χ3n) is 4.77. The zero-order chi connectivity index (χ0) is 21.3. The number of carbonyl (C=O) groups is 2. The SMILES string of the molecule is CCOc1ccc(NC2=C(c3cccs3)C(=O)N(c3cccc(Cl)c3C)C2=O)cc1. The number of anilines is 2. The topological polar surface area (TPSA) is 58.6 Å². The van der Waals surface area contributed by atoms with Crippen molar-refractivity contribution >= 4 is 51.7 Å². The van der Waals surface area contributed by atoms with Crippen LogP contribution in [0.1, 0.15) is 17.4 Å². The van der Waals surface area contributed by atoms with E-state index in [0.29, 0.717) is 34.1 Å². The Morgan fingerprint density at radius 1 is 1.03 bits per heavy atom. The van der Waals surface area contributed by atoms with Crippen molar-refractivity contribution in [2.24, 2.45) is 0 Å². The first-order chi connectivity index (χ1) is 14.5. The number of halogens is 1. The van der Waals surface area contributed by atoms with Gasteiger partial charge in [-0.1, -0.05) is 23.7 Å². The molecule has 1 aromatic heterocycles. The standard InChI is InChI=1S/C23H19ClN2O3S/c1-3-29-16-11-9-15(10-12-16)25-21-20(19-8-5-13-30-19)22(27)26(23(21)28)18-7-4-6-17(24)14(18)2/h4-13,25H,3H2,1-2H3. The maximum atomic E-state index is 13.4. The highest BCUT2D eigenvalue weighted by Crippen LogP contribution is 2.38. The van der Waals surface area contributed by atoms with Gasteiger partial charge in [-0.2, -0.15) is 0 Å². The normalized spacial score (nSPS) is 13.9. The first kappa shape index (κ1) is 20.2. The molecule has 2 aromatic carbocycles. The molecular formula is C23H19ClN2O3S. The van der Waals surface area contributed by atoms with Crippen molar-refractivity contribution in [3.8, 4) is 5.75 Å². The highest BCUT2D eigenvalue weighted by atomic mass is 35.5. The van der Waals surface area contributed by atoms with Crippen molar-refractivity contribution in [2.75, 3.05) is 16.8 Å². The van der Waals surface area contributed by atoms with Gasteiger partial charge in [-0.3, -0.25) is 9.59 Å². The monoisotopic (exact) mass is 438 g/mol. The fourth-order valence-electron chi connectivity index (χ4n) is 3.30. The van der Waals surface area contributed by atoms with Gasteiger partial charge in [0.25, 0.3) is 11.8 Å². The van der Waals surface area contributed by atoms with Gasteiger partial charge < -0.3 is 10.1 Å². The van der Waals surface area contributed by atoms with Crippen molar-refractivity contribution in [1.29, 1.82) is 0 Å². The molecule has 0 saturated heterocycles. The lowest BCUT2D eigenvalue weighted by molar-refractivity contribution is -0.120. The van der Waals surface area contributed by atoms with Crippen LogP contribution < -0.4 is 15.0 Å². The van der Waals surface area contributed by atoms with Gasteiger partial charge in [-0.05, 0) is 67.3 Å². The third-order valence-corrected chi connectivity index (χ3v) is 6.06. The van der Waals surface area contributed by atoms with Gasteiger partial charge in [0.2, 0.25) is 0 Å². The molecule has 1 aliphatic rings. The molecular weight excluding hydrogens is 420 g/mol. The van der Waals surface area contributed by atoms with Crippen LogP contribution in [0.5, 0.6) is 5.75 Å². The smallest absolute Gasteiger partial charge is 0.282 e. The third kappa shape index (κ3) is 3.60. The maximum Gasteiger partial charge on any atom is 0.282 e. The molecule has 0 fully saturated rings. The summed E-state index contributed by atoms with van der Waals surface area (Å²) in [5, 5.41) is 5.52. The fraction of sp³-hybridized carbons (Fsp3) is 0.130. The minimum atomic E-state index is -0.414. The molecule has 0 saturated carbocycles. The first-order valence-electron chi connectivity index (χ1n) is 9.43.